The maximum absolute atomic E-state index is 11.7. The lowest BCUT2D eigenvalue weighted by Crippen LogP contribution is -2.03. The van der Waals surface area contributed by atoms with E-state index in [1.165, 1.54) is 29.1 Å². The van der Waals surface area contributed by atoms with Gasteiger partial charge >= 0.3 is 0 Å². The molecule has 150 valence electrons. The van der Waals surface area contributed by atoms with Crippen molar-refractivity contribution < 1.29 is 26.3 Å². The average molecular weight is 452 g/mol. The average Bonchev–Trinajstić information content (AvgIpc) is 3.11. The van der Waals surface area contributed by atoms with Gasteiger partial charge < -0.3 is 19.4 Å². The highest BCUT2D eigenvalue weighted by Gasteiger charge is 2.17. The van der Waals surface area contributed by atoms with Crippen molar-refractivity contribution >= 4 is 60.7 Å². The largest absolute Gasteiger partial charge is 0.398 e. The van der Waals surface area contributed by atoms with Gasteiger partial charge in [-0.2, -0.15) is 4.80 Å². The fraction of sp³-hybridized carbons (Fsp3) is 0. The summed E-state index contributed by atoms with van der Waals surface area (Å²) in [6, 6.07) is 10.1. The molecule has 5 N–H and O–H groups in total. The number of anilines is 1. The minimum atomic E-state index is -2.39. The summed E-state index contributed by atoms with van der Waals surface area (Å²) in [6.45, 7) is 0. The van der Waals surface area contributed by atoms with Gasteiger partial charge in [-0.25, -0.2) is 12.6 Å². The van der Waals surface area contributed by atoms with Gasteiger partial charge in [0, 0.05) is 10.8 Å². The van der Waals surface area contributed by atoms with Gasteiger partial charge in [0.15, 0.2) is 33.2 Å². The molecule has 3 aromatic carbocycles. The van der Waals surface area contributed by atoms with E-state index < -0.39 is 33.2 Å². The number of nitrogens with two attached hydrogens (primary N) is 1. The molecular formula is C16H12N4O6S3. The van der Waals surface area contributed by atoms with Gasteiger partial charge in [-0.05, 0) is 36.4 Å². The lowest BCUT2D eigenvalue weighted by Gasteiger charge is -2.06. The van der Waals surface area contributed by atoms with Gasteiger partial charge in [-0.1, -0.05) is 6.07 Å². The molecule has 10 nitrogen and oxygen atoms in total. The summed E-state index contributed by atoms with van der Waals surface area (Å²) < 4.78 is 63.1. The first-order valence-corrected chi connectivity index (χ1v) is 11.1. The predicted molar refractivity (Wildman–Crippen MR) is 108 cm³/mol. The number of hydrogen-bond donors (Lipinski definition) is 4. The van der Waals surface area contributed by atoms with Crippen molar-refractivity contribution in [3.05, 3.63) is 42.5 Å². The minimum absolute atomic E-state index is 0.00430. The monoisotopic (exact) mass is 452 g/mol. The van der Waals surface area contributed by atoms with Crippen LogP contribution in [0.1, 0.15) is 0 Å². The molecule has 0 fully saturated rings. The second kappa shape index (κ2) is 7.37. The molecule has 0 radical (unpaired) electrons. The van der Waals surface area contributed by atoms with E-state index in [4.69, 9.17) is 5.73 Å². The first-order chi connectivity index (χ1) is 13.8. The number of hydrogen-bond acceptors (Lipinski definition) is 6. The number of nitrogen functional groups attached to an aromatic ring is 1. The van der Waals surface area contributed by atoms with E-state index in [2.05, 4.69) is 10.2 Å². The number of fused-ring (bicyclic) bond motifs is 3. The Morgan fingerprint density at radius 2 is 1.52 bits per heavy atom. The zero-order chi connectivity index (χ0) is 20.9. The summed E-state index contributed by atoms with van der Waals surface area (Å²) in [4.78, 5) is 1.15. The zero-order valence-corrected chi connectivity index (χ0v) is 16.7. The molecule has 0 aliphatic carbocycles. The molecule has 4 rings (SSSR count). The topological polar surface area (TPSA) is 169 Å². The quantitative estimate of drug-likeness (QED) is 0.267. The van der Waals surface area contributed by atoms with E-state index in [0.717, 1.165) is 0 Å². The molecule has 0 aliphatic heterocycles. The Morgan fingerprint density at radius 1 is 0.793 bits per heavy atom. The molecule has 0 aliphatic rings. The van der Waals surface area contributed by atoms with Crippen LogP contribution in [0, 0.1) is 0 Å². The third-order valence-electron chi connectivity index (χ3n) is 4.22. The van der Waals surface area contributed by atoms with Gasteiger partial charge in [-0.15, -0.1) is 10.2 Å². The number of nitrogens with zero attached hydrogens (tertiary/aromatic N) is 3. The SMILES string of the molecule is Nc1ccc(-n2nc3ccc4c(S(=O)O)cc(S(=O)O)cc4c3n2)cc1S(=O)O. The number of aromatic nitrogens is 3. The molecule has 0 amide bonds. The molecule has 4 aromatic rings. The molecule has 0 spiro atoms. The van der Waals surface area contributed by atoms with Crippen LogP contribution in [-0.2, 0) is 33.2 Å². The third-order valence-corrected chi connectivity index (χ3v) is 6.31. The molecule has 1 heterocycles. The summed E-state index contributed by atoms with van der Waals surface area (Å²) in [5.41, 5.74) is 6.95. The maximum Gasteiger partial charge on any atom is 0.188 e. The van der Waals surface area contributed by atoms with Crippen molar-refractivity contribution in [2.45, 2.75) is 14.7 Å². The van der Waals surface area contributed by atoms with Crippen LogP contribution in [0.15, 0.2) is 57.2 Å². The van der Waals surface area contributed by atoms with E-state index in [0.29, 0.717) is 27.5 Å². The Balaban J connectivity index is 2.00. The van der Waals surface area contributed by atoms with E-state index in [1.807, 2.05) is 0 Å². The summed E-state index contributed by atoms with van der Waals surface area (Å²) in [6.07, 6.45) is 0. The van der Waals surface area contributed by atoms with E-state index in [9.17, 15) is 26.3 Å². The summed E-state index contributed by atoms with van der Waals surface area (Å²) in [5.74, 6) is 0. The highest BCUT2D eigenvalue weighted by Crippen LogP contribution is 2.30. The van der Waals surface area contributed by atoms with E-state index in [1.54, 1.807) is 18.2 Å². The van der Waals surface area contributed by atoms with Gasteiger partial charge in [-0.3, -0.25) is 0 Å². The molecule has 3 atom stereocenters. The zero-order valence-electron chi connectivity index (χ0n) is 14.3. The van der Waals surface area contributed by atoms with Crippen LogP contribution < -0.4 is 5.73 Å². The lowest BCUT2D eigenvalue weighted by molar-refractivity contribution is 0.561. The predicted octanol–water partition coefficient (Wildman–Crippen LogP) is 1.90. The standard InChI is InChI=1S/C16H12N4O6S3/c17-12-3-1-8(5-15(12)29(25)26)20-18-13-4-2-10-11(16(13)19-20)6-9(27(21)22)7-14(10)28(23)24/h1-7H,17H2,(H,21,22)(H,23,24)(H,25,26). The number of rotatable bonds is 4. The van der Waals surface area contributed by atoms with E-state index in [-0.39, 0.29) is 20.4 Å². The fourth-order valence-corrected chi connectivity index (χ4v) is 4.51. The molecule has 0 saturated carbocycles. The van der Waals surface area contributed by atoms with Crippen molar-refractivity contribution in [2.75, 3.05) is 5.73 Å². The second-order valence-electron chi connectivity index (χ2n) is 5.91. The summed E-state index contributed by atoms with van der Waals surface area (Å²) >= 11 is -7.06. The van der Waals surface area contributed by atoms with Crippen LogP contribution in [0.2, 0.25) is 0 Å². The molecule has 3 unspecified atom stereocenters. The first-order valence-electron chi connectivity index (χ1n) is 7.82. The van der Waals surface area contributed by atoms with Gasteiger partial charge in [0.2, 0.25) is 0 Å². The third kappa shape index (κ3) is 3.48. The lowest BCUT2D eigenvalue weighted by atomic mass is 10.1. The second-order valence-corrected chi connectivity index (χ2v) is 8.75. The Bertz CT molecular complexity index is 1370. The Kier molecular flexibility index (Phi) is 5.02. The molecule has 1 aromatic heterocycles. The highest BCUT2D eigenvalue weighted by atomic mass is 32.2. The number of benzene rings is 3. The van der Waals surface area contributed by atoms with Gasteiger partial charge in [0.1, 0.15) is 11.0 Å². The van der Waals surface area contributed by atoms with Crippen LogP contribution in [0.3, 0.4) is 0 Å². The van der Waals surface area contributed by atoms with Crippen molar-refractivity contribution in [3.8, 4) is 5.69 Å². The molecular weight excluding hydrogens is 440 g/mol. The Hall–Kier alpha value is -2.55. The Labute approximate surface area is 170 Å². The smallest absolute Gasteiger partial charge is 0.188 e. The van der Waals surface area contributed by atoms with Gasteiger partial charge in [0.25, 0.3) is 0 Å². The van der Waals surface area contributed by atoms with Crippen LogP contribution in [0.4, 0.5) is 5.69 Å². The van der Waals surface area contributed by atoms with Crippen molar-refractivity contribution in [1.82, 2.24) is 15.0 Å². The van der Waals surface area contributed by atoms with Gasteiger partial charge in [0.05, 0.1) is 26.1 Å². The fourth-order valence-electron chi connectivity index (χ4n) is 2.91. The molecule has 29 heavy (non-hydrogen) atoms. The Morgan fingerprint density at radius 3 is 2.17 bits per heavy atom. The molecule has 0 saturated heterocycles. The summed E-state index contributed by atoms with van der Waals surface area (Å²) in [5, 5.41) is 9.44. The first kappa shape index (κ1) is 19.8. The van der Waals surface area contributed by atoms with E-state index >= 15 is 0 Å². The minimum Gasteiger partial charge on any atom is -0.398 e. The molecule has 13 heteroatoms. The highest BCUT2D eigenvalue weighted by molar-refractivity contribution is 7.80. The van der Waals surface area contributed by atoms with Crippen molar-refractivity contribution in [1.29, 1.82) is 0 Å². The normalized spacial score (nSPS) is 14.9. The van der Waals surface area contributed by atoms with Crippen molar-refractivity contribution in [3.63, 3.8) is 0 Å². The molecule has 0 bridgehead atoms. The van der Waals surface area contributed by atoms with Crippen LogP contribution in [-0.4, -0.2) is 41.3 Å². The van der Waals surface area contributed by atoms with Crippen LogP contribution >= 0.6 is 0 Å². The van der Waals surface area contributed by atoms with Crippen LogP contribution in [0.5, 0.6) is 0 Å². The summed E-state index contributed by atoms with van der Waals surface area (Å²) in [7, 11) is 0. The van der Waals surface area contributed by atoms with Crippen LogP contribution in [0.25, 0.3) is 27.5 Å². The van der Waals surface area contributed by atoms with Crippen molar-refractivity contribution in [2.24, 2.45) is 0 Å². The maximum atomic E-state index is 11.7.